The third-order valence-electron chi connectivity index (χ3n) is 2.45. The number of hydrogen-bond acceptors (Lipinski definition) is 4. The lowest BCUT2D eigenvalue weighted by molar-refractivity contribution is -0.142. The summed E-state index contributed by atoms with van der Waals surface area (Å²) in [5.41, 5.74) is 0. The molecule has 1 rings (SSSR count). The summed E-state index contributed by atoms with van der Waals surface area (Å²) >= 11 is 0. The fourth-order valence-corrected chi connectivity index (χ4v) is 1.54. The first-order chi connectivity index (χ1) is 8.45. The van der Waals surface area contributed by atoms with Crippen LogP contribution >= 0.6 is 0 Å². The molecular formula is C10H15N3O5. The fourth-order valence-electron chi connectivity index (χ4n) is 1.54. The van der Waals surface area contributed by atoms with Crippen LogP contribution in [0.1, 0.15) is 19.8 Å². The molecule has 1 atom stereocenters. The van der Waals surface area contributed by atoms with Crippen LogP contribution in [0.15, 0.2) is 0 Å². The molecule has 1 saturated heterocycles. The molecule has 0 saturated carbocycles. The van der Waals surface area contributed by atoms with Crippen molar-refractivity contribution in [3.63, 3.8) is 0 Å². The molecule has 0 aromatic rings. The zero-order valence-corrected chi connectivity index (χ0v) is 9.93. The Labute approximate surface area is 103 Å². The Balaban J connectivity index is 2.52. The highest BCUT2D eigenvalue weighted by Gasteiger charge is 2.31. The molecule has 8 nitrogen and oxygen atoms in total. The highest BCUT2D eigenvalue weighted by molar-refractivity contribution is 6.04. The van der Waals surface area contributed by atoms with E-state index in [9.17, 15) is 19.2 Å². The van der Waals surface area contributed by atoms with Crippen molar-refractivity contribution in [2.45, 2.75) is 25.8 Å². The molecule has 1 aliphatic heterocycles. The third kappa shape index (κ3) is 3.44. The van der Waals surface area contributed by atoms with Crippen LogP contribution in [0, 0.1) is 0 Å². The number of amides is 4. The lowest BCUT2D eigenvalue weighted by atomic mass is 10.1. The van der Waals surface area contributed by atoms with Gasteiger partial charge in [-0.3, -0.25) is 14.5 Å². The summed E-state index contributed by atoms with van der Waals surface area (Å²) in [5, 5.41) is 13.4. The molecule has 0 aromatic heterocycles. The van der Waals surface area contributed by atoms with Crippen molar-refractivity contribution < 1.29 is 24.3 Å². The molecular weight excluding hydrogens is 242 g/mol. The zero-order chi connectivity index (χ0) is 13.7. The Morgan fingerprint density at radius 1 is 1.50 bits per heavy atom. The van der Waals surface area contributed by atoms with E-state index in [0.717, 1.165) is 4.90 Å². The highest BCUT2D eigenvalue weighted by atomic mass is 16.4. The van der Waals surface area contributed by atoms with Crippen LogP contribution in [0.3, 0.4) is 0 Å². The second-order valence-corrected chi connectivity index (χ2v) is 3.89. The summed E-state index contributed by atoms with van der Waals surface area (Å²) in [5.74, 6) is -2.30. The maximum atomic E-state index is 11.5. The number of rotatable bonds is 6. The number of carbonyl (C=O) groups is 4. The average molecular weight is 257 g/mol. The van der Waals surface area contributed by atoms with Gasteiger partial charge in [0.15, 0.2) is 0 Å². The molecule has 100 valence electrons. The molecule has 0 radical (unpaired) electrons. The summed E-state index contributed by atoms with van der Waals surface area (Å²) in [6, 6.07) is -1.64. The Kier molecular flexibility index (Phi) is 4.64. The van der Waals surface area contributed by atoms with Crippen LogP contribution in [-0.2, 0) is 14.4 Å². The Morgan fingerprint density at radius 3 is 2.61 bits per heavy atom. The van der Waals surface area contributed by atoms with Gasteiger partial charge >= 0.3 is 12.0 Å². The summed E-state index contributed by atoms with van der Waals surface area (Å²) in [6.45, 7) is 1.20. The maximum absolute atomic E-state index is 11.5. The van der Waals surface area contributed by atoms with E-state index in [2.05, 4.69) is 10.6 Å². The van der Waals surface area contributed by atoms with E-state index in [-0.39, 0.29) is 6.54 Å². The lowest BCUT2D eigenvalue weighted by Crippen LogP contribution is -2.47. The predicted molar refractivity (Wildman–Crippen MR) is 59.6 cm³/mol. The molecule has 1 fully saturated rings. The number of carboxylic acid groups (broad SMARTS) is 1. The van der Waals surface area contributed by atoms with E-state index in [0.29, 0.717) is 12.8 Å². The van der Waals surface area contributed by atoms with Gasteiger partial charge in [0, 0.05) is 0 Å². The van der Waals surface area contributed by atoms with Gasteiger partial charge in [0.2, 0.25) is 5.91 Å². The first-order valence-corrected chi connectivity index (χ1v) is 5.56. The van der Waals surface area contributed by atoms with Gasteiger partial charge in [0.05, 0.1) is 6.54 Å². The number of carbonyl (C=O) groups excluding carboxylic acids is 3. The molecule has 1 heterocycles. The van der Waals surface area contributed by atoms with Gasteiger partial charge in [-0.2, -0.15) is 0 Å². The third-order valence-corrected chi connectivity index (χ3v) is 2.45. The molecule has 3 N–H and O–H groups in total. The Bertz CT molecular complexity index is 366. The minimum absolute atomic E-state index is 0.135. The van der Waals surface area contributed by atoms with Crippen LogP contribution in [0.25, 0.3) is 0 Å². The summed E-state index contributed by atoms with van der Waals surface area (Å²) < 4.78 is 0. The van der Waals surface area contributed by atoms with Crippen LogP contribution in [0.4, 0.5) is 4.79 Å². The number of hydrogen-bond donors (Lipinski definition) is 3. The Morgan fingerprint density at radius 2 is 2.17 bits per heavy atom. The molecule has 0 spiro atoms. The zero-order valence-electron chi connectivity index (χ0n) is 9.93. The van der Waals surface area contributed by atoms with Gasteiger partial charge < -0.3 is 15.7 Å². The van der Waals surface area contributed by atoms with Gasteiger partial charge in [-0.05, 0) is 6.42 Å². The maximum Gasteiger partial charge on any atom is 0.326 e. The van der Waals surface area contributed by atoms with Gasteiger partial charge in [0.25, 0.3) is 5.91 Å². The molecule has 8 heteroatoms. The molecule has 0 bridgehead atoms. The van der Waals surface area contributed by atoms with Gasteiger partial charge in [0.1, 0.15) is 12.6 Å². The van der Waals surface area contributed by atoms with Gasteiger partial charge in [-0.15, -0.1) is 0 Å². The fraction of sp³-hybridized carbons (Fsp3) is 0.600. The quantitative estimate of drug-likeness (QED) is 0.523. The summed E-state index contributed by atoms with van der Waals surface area (Å²) in [6.07, 6.45) is 0.890. The minimum atomic E-state index is -1.14. The monoisotopic (exact) mass is 257 g/mol. The lowest BCUT2D eigenvalue weighted by Gasteiger charge is -2.16. The van der Waals surface area contributed by atoms with E-state index in [1.165, 1.54) is 0 Å². The van der Waals surface area contributed by atoms with Crippen molar-refractivity contribution in [2.75, 3.05) is 13.1 Å². The predicted octanol–water partition coefficient (Wildman–Crippen LogP) is -1.09. The summed E-state index contributed by atoms with van der Waals surface area (Å²) in [7, 11) is 0. The van der Waals surface area contributed by atoms with Crippen molar-refractivity contribution in [3.8, 4) is 0 Å². The number of urea groups is 1. The number of nitrogens with zero attached hydrogens (tertiary/aromatic N) is 1. The van der Waals surface area contributed by atoms with E-state index in [1.807, 2.05) is 0 Å². The van der Waals surface area contributed by atoms with E-state index >= 15 is 0 Å². The second-order valence-electron chi connectivity index (χ2n) is 3.89. The molecule has 4 amide bonds. The highest BCUT2D eigenvalue weighted by Crippen LogP contribution is 2.00. The first-order valence-electron chi connectivity index (χ1n) is 5.56. The van der Waals surface area contributed by atoms with E-state index < -0.39 is 36.4 Å². The molecule has 1 unspecified atom stereocenters. The van der Waals surface area contributed by atoms with Crippen molar-refractivity contribution in [1.82, 2.24) is 15.5 Å². The van der Waals surface area contributed by atoms with Crippen LogP contribution < -0.4 is 10.6 Å². The molecule has 1 aliphatic rings. The van der Waals surface area contributed by atoms with Crippen molar-refractivity contribution in [3.05, 3.63) is 0 Å². The Hall–Kier alpha value is -2.12. The SMILES string of the molecule is CCCC(NC(=O)CN1C(=O)CNC1=O)C(=O)O. The number of carboxylic acids is 1. The average Bonchev–Trinajstić information content (AvgIpc) is 2.60. The topological polar surface area (TPSA) is 116 Å². The van der Waals surface area contributed by atoms with E-state index in [4.69, 9.17) is 5.11 Å². The number of imide groups is 1. The van der Waals surface area contributed by atoms with Crippen LogP contribution in [-0.4, -0.2) is 53.0 Å². The van der Waals surface area contributed by atoms with Crippen LogP contribution in [0.5, 0.6) is 0 Å². The van der Waals surface area contributed by atoms with Crippen molar-refractivity contribution in [1.29, 1.82) is 0 Å². The minimum Gasteiger partial charge on any atom is -0.480 e. The molecule has 0 aromatic carbocycles. The number of aliphatic carboxylic acids is 1. The molecule has 18 heavy (non-hydrogen) atoms. The standard InChI is InChI=1S/C10H15N3O5/c1-2-3-6(9(16)17)12-7(14)5-13-8(15)4-11-10(13)18/h6H,2-5H2,1H3,(H,11,18)(H,12,14)(H,16,17). The van der Waals surface area contributed by atoms with Gasteiger partial charge in [-0.25, -0.2) is 9.59 Å². The van der Waals surface area contributed by atoms with Crippen molar-refractivity contribution >= 4 is 23.8 Å². The first kappa shape index (κ1) is 13.9. The number of nitrogens with one attached hydrogen (secondary N) is 2. The van der Waals surface area contributed by atoms with Gasteiger partial charge in [-0.1, -0.05) is 13.3 Å². The normalized spacial score (nSPS) is 16.4. The van der Waals surface area contributed by atoms with Crippen LogP contribution in [0.2, 0.25) is 0 Å². The van der Waals surface area contributed by atoms with E-state index in [1.54, 1.807) is 6.92 Å². The summed E-state index contributed by atoms with van der Waals surface area (Å²) in [4.78, 5) is 45.5. The van der Waals surface area contributed by atoms with Crippen molar-refractivity contribution in [2.24, 2.45) is 0 Å². The largest absolute Gasteiger partial charge is 0.480 e. The second kappa shape index (κ2) is 5.99. The molecule has 0 aliphatic carbocycles. The smallest absolute Gasteiger partial charge is 0.326 e.